The topological polar surface area (TPSA) is 0 Å². The van der Waals surface area contributed by atoms with Gasteiger partial charge in [0.1, 0.15) is 0 Å². The van der Waals surface area contributed by atoms with Crippen LogP contribution < -0.4 is 24.8 Å². The fourth-order valence-corrected chi connectivity index (χ4v) is 10.4. The number of rotatable bonds is 5. The molecule has 0 saturated heterocycles. The van der Waals surface area contributed by atoms with Crippen molar-refractivity contribution in [2.75, 3.05) is 5.75 Å². The van der Waals surface area contributed by atoms with Gasteiger partial charge in [-0.25, -0.2) is 11.3 Å². The van der Waals surface area contributed by atoms with Crippen LogP contribution in [0.15, 0.2) is 41.1 Å². The normalized spacial score (nSPS) is 22.3. The van der Waals surface area contributed by atoms with Crippen LogP contribution in [0, 0.1) is 11.5 Å². The molecule has 1 atom stereocenters. The van der Waals surface area contributed by atoms with Crippen molar-refractivity contribution in [2.45, 2.75) is 64.4 Å². The van der Waals surface area contributed by atoms with E-state index in [9.17, 15) is 0 Å². The largest absolute Gasteiger partial charge is 3.00 e. The third-order valence-electron chi connectivity index (χ3n) is 4.98. The summed E-state index contributed by atoms with van der Waals surface area (Å²) in [5.41, 5.74) is 1.87. The second-order valence-corrected chi connectivity index (χ2v) is 14.4. The van der Waals surface area contributed by atoms with E-state index >= 15 is 0 Å². The van der Waals surface area contributed by atoms with Gasteiger partial charge in [-0.15, -0.1) is 6.42 Å². The molecule has 0 amide bonds. The second-order valence-electron chi connectivity index (χ2n) is 7.96. The summed E-state index contributed by atoms with van der Waals surface area (Å²) < 4.78 is 0.271. The Labute approximate surface area is 188 Å². The van der Waals surface area contributed by atoms with Gasteiger partial charge in [0.15, 0.2) is 0 Å². The third-order valence-corrected chi connectivity index (χ3v) is 12.6. The molecule has 0 N–H and O–H groups in total. The molecule has 25 heavy (non-hydrogen) atoms. The van der Waals surface area contributed by atoms with Crippen molar-refractivity contribution in [3.63, 3.8) is 0 Å². The zero-order chi connectivity index (χ0) is 16.4. The first kappa shape index (κ1) is 28.0. The first-order valence-corrected chi connectivity index (χ1v) is 12.5. The van der Waals surface area contributed by atoms with E-state index in [1.54, 1.807) is 5.57 Å². The van der Waals surface area contributed by atoms with Crippen molar-refractivity contribution in [2.24, 2.45) is 5.41 Å². The predicted molar refractivity (Wildman–Crippen MR) is 105 cm³/mol. The standard InChI is InChI=1S/C20H31SSi.2ClH.Ti/c1-7-16-21-20(22(5,6)17-12-8-9-13-17)15-11-10-14-18(20)19(2,3)4;;;/h8,10-12,14H,7,9,15-16H2,1-6H3;2*1H;/q-1;;;+3/p-2. The smallest absolute Gasteiger partial charge is 1.00 e. The molecule has 2 rings (SSSR count). The number of hydrogen-bond donors (Lipinski definition) is 0. The van der Waals surface area contributed by atoms with Crippen molar-refractivity contribution in [3.8, 4) is 0 Å². The van der Waals surface area contributed by atoms with Crippen LogP contribution in [0.25, 0.3) is 0 Å². The average Bonchev–Trinajstić information content (AvgIpc) is 2.99. The first-order valence-electron chi connectivity index (χ1n) is 8.55. The Kier molecular flexibility index (Phi) is 12.3. The van der Waals surface area contributed by atoms with E-state index < -0.39 is 8.07 Å². The Morgan fingerprint density at radius 2 is 1.84 bits per heavy atom. The van der Waals surface area contributed by atoms with E-state index in [4.69, 9.17) is 0 Å². The van der Waals surface area contributed by atoms with Crippen LogP contribution in [0.1, 0.15) is 47.0 Å². The summed E-state index contributed by atoms with van der Waals surface area (Å²) in [5, 5.41) is 1.53. The van der Waals surface area contributed by atoms with E-state index in [1.165, 1.54) is 23.8 Å². The molecule has 0 spiro atoms. The average molecular weight is 450 g/mol. The van der Waals surface area contributed by atoms with Gasteiger partial charge in [0, 0.05) is 4.37 Å². The molecule has 2 aliphatic carbocycles. The quantitative estimate of drug-likeness (QED) is 0.429. The molecule has 139 valence electrons. The molecule has 0 heterocycles. The molecule has 0 aliphatic heterocycles. The molecule has 0 nitrogen and oxygen atoms in total. The Morgan fingerprint density at radius 3 is 2.32 bits per heavy atom. The molecule has 0 fully saturated rings. The van der Waals surface area contributed by atoms with E-state index in [-0.39, 0.29) is 56.3 Å². The van der Waals surface area contributed by atoms with Gasteiger partial charge in [-0.3, -0.25) is 6.08 Å². The van der Waals surface area contributed by atoms with Crippen LogP contribution in [0.4, 0.5) is 0 Å². The molecule has 1 radical (unpaired) electrons. The van der Waals surface area contributed by atoms with Gasteiger partial charge in [0.25, 0.3) is 0 Å². The number of hydrogen-bond acceptors (Lipinski definition) is 1. The van der Waals surface area contributed by atoms with Gasteiger partial charge in [0.2, 0.25) is 0 Å². The zero-order valence-electron chi connectivity index (χ0n) is 16.4. The summed E-state index contributed by atoms with van der Waals surface area (Å²) in [6, 6.07) is 0. The molecule has 0 aromatic heterocycles. The molecule has 2 aliphatic rings. The Bertz CT molecular complexity index is 544. The van der Waals surface area contributed by atoms with Gasteiger partial charge in [0.05, 0.1) is 8.07 Å². The summed E-state index contributed by atoms with van der Waals surface area (Å²) in [5.74, 6) is 1.24. The van der Waals surface area contributed by atoms with E-state index in [0.29, 0.717) is 0 Å². The van der Waals surface area contributed by atoms with Crippen LogP contribution >= 0.6 is 11.8 Å². The van der Waals surface area contributed by atoms with Crippen LogP contribution in [-0.2, 0) is 21.7 Å². The summed E-state index contributed by atoms with van der Waals surface area (Å²) in [6.07, 6.45) is 18.8. The molecular formula is C20H31Cl2SSiTi. The Balaban J connectivity index is 0. The summed E-state index contributed by atoms with van der Waals surface area (Å²) in [4.78, 5) is 0. The maximum atomic E-state index is 3.67. The minimum Gasteiger partial charge on any atom is -1.00 e. The van der Waals surface area contributed by atoms with Crippen molar-refractivity contribution in [1.82, 2.24) is 0 Å². The van der Waals surface area contributed by atoms with E-state index in [1.807, 2.05) is 0 Å². The van der Waals surface area contributed by atoms with Gasteiger partial charge in [-0.05, 0) is 24.0 Å². The van der Waals surface area contributed by atoms with Crippen molar-refractivity contribution >= 4 is 19.8 Å². The van der Waals surface area contributed by atoms with Crippen LogP contribution in [-0.4, -0.2) is 18.2 Å². The summed E-state index contributed by atoms with van der Waals surface area (Å²) >= 11 is 2.22. The van der Waals surface area contributed by atoms with Gasteiger partial charge in [-0.1, -0.05) is 64.6 Å². The minimum absolute atomic E-state index is 0. The number of halogens is 2. The van der Waals surface area contributed by atoms with Gasteiger partial charge < -0.3 is 24.8 Å². The summed E-state index contributed by atoms with van der Waals surface area (Å²) in [7, 11) is -1.67. The molecule has 0 saturated carbocycles. The Hall–Kier alpha value is 0.821. The van der Waals surface area contributed by atoms with Gasteiger partial charge in [-0.2, -0.15) is 17.8 Å². The molecule has 1 unspecified atom stereocenters. The maximum absolute atomic E-state index is 3.67. The maximum Gasteiger partial charge on any atom is 3.00 e. The number of thioether (sulfide) groups is 1. The first-order chi connectivity index (χ1) is 10.3. The molecule has 0 aromatic carbocycles. The molecule has 5 heteroatoms. The van der Waals surface area contributed by atoms with Crippen molar-refractivity contribution in [3.05, 3.63) is 47.2 Å². The monoisotopic (exact) mass is 449 g/mol. The second kappa shape index (κ2) is 11.0. The van der Waals surface area contributed by atoms with Gasteiger partial charge >= 0.3 is 21.7 Å². The molecular weight excluding hydrogens is 419 g/mol. The zero-order valence-corrected chi connectivity index (χ0v) is 21.3. The van der Waals surface area contributed by atoms with E-state index in [2.05, 4.69) is 89.0 Å². The Morgan fingerprint density at radius 1 is 1.20 bits per heavy atom. The minimum atomic E-state index is -1.67. The van der Waals surface area contributed by atoms with Crippen LogP contribution in [0.2, 0.25) is 13.1 Å². The predicted octanol–water partition coefficient (Wildman–Crippen LogP) is 0.283. The van der Waals surface area contributed by atoms with E-state index in [0.717, 1.165) is 6.42 Å². The summed E-state index contributed by atoms with van der Waals surface area (Å²) in [6.45, 7) is 14.6. The third kappa shape index (κ3) is 5.65. The van der Waals surface area contributed by atoms with Crippen LogP contribution in [0.3, 0.4) is 0 Å². The number of allylic oxidation sites excluding steroid dienone is 7. The van der Waals surface area contributed by atoms with Crippen molar-refractivity contribution < 1.29 is 46.5 Å². The fraction of sp³-hybridized carbons (Fsp3) is 0.600. The molecule has 0 bridgehead atoms. The molecule has 0 aromatic rings. The van der Waals surface area contributed by atoms with Crippen LogP contribution in [0.5, 0.6) is 0 Å². The van der Waals surface area contributed by atoms with Crippen molar-refractivity contribution in [1.29, 1.82) is 0 Å². The SMILES string of the molecule is CCCSC1([Si](C)(C)C2=[C-]CC=C2)CC=CC=C1C(C)(C)C.[Cl-].[Cl-].[Ti+3]. The fourth-order valence-electron chi connectivity index (χ4n) is 3.74.